The Labute approximate surface area is 101 Å². The topological polar surface area (TPSA) is 64.3 Å². The van der Waals surface area contributed by atoms with Gasteiger partial charge < -0.3 is 9.84 Å². The van der Waals surface area contributed by atoms with Crippen LogP contribution in [0.2, 0.25) is 0 Å². The summed E-state index contributed by atoms with van der Waals surface area (Å²) in [7, 11) is 0. The van der Waals surface area contributed by atoms with Gasteiger partial charge in [-0.05, 0) is 41.9 Å². The Bertz CT molecular complexity index is 371. The lowest BCUT2D eigenvalue weighted by Gasteiger charge is -2.22. The Morgan fingerprint density at radius 1 is 1.67 bits per heavy atom. The van der Waals surface area contributed by atoms with E-state index in [0.29, 0.717) is 3.70 Å². The molecule has 5 nitrogen and oxygen atoms in total. The van der Waals surface area contributed by atoms with Crippen LogP contribution in [0.5, 0.6) is 0 Å². The van der Waals surface area contributed by atoms with Crippen LogP contribution < -0.4 is 0 Å². The van der Waals surface area contributed by atoms with Gasteiger partial charge in [0.25, 0.3) is 0 Å². The monoisotopic (exact) mass is 322 g/mol. The van der Waals surface area contributed by atoms with E-state index < -0.39 is 5.97 Å². The third-order valence-electron chi connectivity index (χ3n) is 2.37. The molecule has 0 aromatic carbocycles. The molecule has 1 atom stereocenters. The van der Waals surface area contributed by atoms with E-state index >= 15 is 0 Å². The summed E-state index contributed by atoms with van der Waals surface area (Å²) in [5, 5.41) is 13.0. The lowest BCUT2D eigenvalue weighted by atomic mass is 10.2. The number of nitrogens with zero attached hydrogens (tertiary/aromatic N) is 2. The van der Waals surface area contributed by atoms with Crippen LogP contribution in [0.25, 0.3) is 0 Å². The highest BCUT2D eigenvalue weighted by Crippen LogP contribution is 2.23. The van der Waals surface area contributed by atoms with E-state index in [0.717, 1.165) is 25.9 Å². The fourth-order valence-corrected chi connectivity index (χ4v) is 2.21. The molecular formula is C9H11IN2O3. The predicted molar refractivity (Wildman–Crippen MR) is 60.7 cm³/mol. The van der Waals surface area contributed by atoms with Gasteiger partial charge in [-0.15, -0.1) is 0 Å². The van der Waals surface area contributed by atoms with Gasteiger partial charge >= 0.3 is 5.97 Å². The quantitative estimate of drug-likeness (QED) is 0.845. The van der Waals surface area contributed by atoms with E-state index in [1.807, 2.05) is 22.6 Å². The van der Waals surface area contributed by atoms with Crippen molar-refractivity contribution in [3.8, 4) is 0 Å². The van der Waals surface area contributed by atoms with Crippen molar-refractivity contribution >= 4 is 28.6 Å². The van der Waals surface area contributed by atoms with E-state index in [-0.39, 0.29) is 11.8 Å². The zero-order valence-corrected chi connectivity index (χ0v) is 10.2. The van der Waals surface area contributed by atoms with Crippen molar-refractivity contribution in [1.29, 1.82) is 0 Å². The lowest BCUT2D eigenvalue weighted by Crippen LogP contribution is -2.18. The highest BCUT2D eigenvalue weighted by atomic mass is 127. The minimum atomic E-state index is -0.943. The summed E-state index contributed by atoms with van der Waals surface area (Å²) in [4.78, 5) is 10.8. The molecule has 6 heteroatoms. The maximum Gasteiger partial charge on any atom is 0.340 e. The number of aromatic carboxylic acids is 1. The molecule has 1 N–H and O–H groups in total. The van der Waals surface area contributed by atoms with E-state index in [4.69, 9.17) is 9.84 Å². The number of rotatable bonds is 2. The predicted octanol–water partition coefficient (Wildman–Crippen LogP) is 1.89. The summed E-state index contributed by atoms with van der Waals surface area (Å²) < 4.78 is 7.64. The molecule has 0 spiro atoms. The third-order valence-corrected chi connectivity index (χ3v) is 3.16. The molecule has 0 amide bonds. The number of aromatic nitrogens is 2. The molecule has 0 saturated carbocycles. The number of hydrogen-bond acceptors (Lipinski definition) is 3. The first kappa shape index (κ1) is 10.9. The number of carboxylic acid groups (broad SMARTS) is 1. The average molecular weight is 322 g/mol. The average Bonchev–Trinajstić information content (AvgIpc) is 2.62. The summed E-state index contributed by atoms with van der Waals surface area (Å²) in [6.07, 6.45) is 4.52. The maximum absolute atomic E-state index is 10.8. The van der Waals surface area contributed by atoms with Crippen LogP contribution in [0.15, 0.2) is 6.20 Å². The van der Waals surface area contributed by atoms with Crippen molar-refractivity contribution in [3.05, 3.63) is 15.5 Å². The first-order valence-corrected chi connectivity index (χ1v) is 5.86. The number of carboxylic acids is 1. The van der Waals surface area contributed by atoms with Gasteiger partial charge in [0.15, 0.2) is 0 Å². The van der Waals surface area contributed by atoms with Gasteiger partial charge in [-0.25, -0.2) is 9.48 Å². The van der Waals surface area contributed by atoms with Gasteiger partial charge in [-0.3, -0.25) is 0 Å². The van der Waals surface area contributed by atoms with Crippen LogP contribution in [0.4, 0.5) is 0 Å². The van der Waals surface area contributed by atoms with E-state index in [1.165, 1.54) is 0 Å². The van der Waals surface area contributed by atoms with Crippen molar-refractivity contribution in [1.82, 2.24) is 9.78 Å². The van der Waals surface area contributed by atoms with Crippen molar-refractivity contribution in [3.63, 3.8) is 0 Å². The number of halogens is 1. The molecule has 0 bridgehead atoms. The van der Waals surface area contributed by atoms with Crippen LogP contribution in [0.1, 0.15) is 35.8 Å². The molecule has 2 heterocycles. The molecule has 0 unspecified atom stereocenters. The first-order valence-electron chi connectivity index (χ1n) is 4.78. The first-order chi connectivity index (χ1) is 7.18. The number of carbonyl (C=O) groups is 1. The smallest absolute Gasteiger partial charge is 0.340 e. The Kier molecular flexibility index (Phi) is 3.25. The SMILES string of the molecule is O=C(O)c1cn([C@@H]2CCCCO2)nc1I. The van der Waals surface area contributed by atoms with Crippen molar-refractivity contribution in [2.75, 3.05) is 6.61 Å². The highest BCUT2D eigenvalue weighted by Gasteiger charge is 2.20. The van der Waals surface area contributed by atoms with Crippen molar-refractivity contribution < 1.29 is 14.6 Å². The molecule has 82 valence electrons. The molecule has 1 aromatic heterocycles. The molecule has 1 aliphatic heterocycles. The Balaban J connectivity index is 2.21. The standard InChI is InChI=1S/C9H11IN2O3/c10-8-6(9(13)14)5-12(11-8)7-3-1-2-4-15-7/h5,7H,1-4H2,(H,13,14)/t7-/m0/s1. The molecule has 15 heavy (non-hydrogen) atoms. The Hall–Kier alpha value is -0.630. The van der Waals surface area contributed by atoms with Crippen LogP contribution in [0, 0.1) is 3.70 Å². The summed E-state index contributed by atoms with van der Waals surface area (Å²) in [5.74, 6) is -0.943. The van der Waals surface area contributed by atoms with Crippen LogP contribution in [-0.2, 0) is 4.74 Å². The van der Waals surface area contributed by atoms with Gasteiger partial charge in [-0.2, -0.15) is 5.10 Å². The molecule has 0 radical (unpaired) electrons. The van der Waals surface area contributed by atoms with E-state index in [9.17, 15) is 4.79 Å². The Morgan fingerprint density at radius 3 is 3.00 bits per heavy atom. The van der Waals surface area contributed by atoms with E-state index in [2.05, 4.69) is 5.10 Å². The molecule has 1 aromatic rings. The summed E-state index contributed by atoms with van der Waals surface area (Å²) in [6, 6.07) is 0. The van der Waals surface area contributed by atoms with Gasteiger partial charge in [0.2, 0.25) is 0 Å². The third kappa shape index (κ3) is 2.31. The van der Waals surface area contributed by atoms with Crippen molar-refractivity contribution in [2.24, 2.45) is 0 Å². The molecule has 1 fully saturated rings. The molecule has 0 aliphatic carbocycles. The second-order valence-electron chi connectivity index (χ2n) is 3.44. The van der Waals surface area contributed by atoms with Crippen molar-refractivity contribution in [2.45, 2.75) is 25.5 Å². The largest absolute Gasteiger partial charge is 0.478 e. The summed E-state index contributed by atoms with van der Waals surface area (Å²) in [5.41, 5.74) is 0.241. The molecule has 1 saturated heterocycles. The minimum absolute atomic E-state index is 0.0969. The summed E-state index contributed by atoms with van der Waals surface area (Å²) >= 11 is 1.92. The van der Waals surface area contributed by atoms with Gasteiger partial charge in [0.05, 0.1) is 0 Å². The lowest BCUT2D eigenvalue weighted by molar-refractivity contribution is -0.0397. The zero-order chi connectivity index (χ0) is 10.8. The second-order valence-corrected chi connectivity index (χ2v) is 4.46. The normalized spacial score (nSPS) is 21.5. The van der Waals surface area contributed by atoms with Gasteiger partial charge in [0.1, 0.15) is 15.5 Å². The number of ether oxygens (including phenoxy) is 1. The Morgan fingerprint density at radius 2 is 2.47 bits per heavy atom. The molecule has 2 rings (SSSR count). The second kappa shape index (κ2) is 4.48. The summed E-state index contributed by atoms with van der Waals surface area (Å²) in [6.45, 7) is 0.726. The fourth-order valence-electron chi connectivity index (χ4n) is 1.59. The van der Waals surface area contributed by atoms with Crippen LogP contribution in [-0.4, -0.2) is 27.5 Å². The van der Waals surface area contributed by atoms with Crippen LogP contribution >= 0.6 is 22.6 Å². The molecular weight excluding hydrogens is 311 g/mol. The molecule has 1 aliphatic rings. The van der Waals surface area contributed by atoms with Gasteiger partial charge in [-0.1, -0.05) is 0 Å². The zero-order valence-electron chi connectivity index (χ0n) is 8.02. The number of hydrogen-bond donors (Lipinski definition) is 1. The highest BCUT2D eigenvalue weighted by molar-refractivity contribution is 14.1. The van der Waals surface area contributed by atoms with Crippen LogP contribution in [0.3, 0.4) is 0 Å². The fraction of sp³-hybridized carbons (Fsp3) is 0.556. The van der Waals surface area contributed by atoms with E-state index in [1.54, 1.807) is 10.9 Å². The van der Waals surface area contributed by atoms with Gasteiger partial charge in [0, 0.05) is 12.8 Å². The minimum Gasteiger partial charge on any atom is -0.478 e. The maximum atomic E-state index is 10.8.